The lowest BCUT2D eigenvalue weighted by Crippen LogP contribution is -2.52. The minimum Gasteiger partial charge on any atom is -0.467 e. The molecule has 1 fully saturated rings. The zero-order valence-corrected chi connectivity index (χ0v) is 9.62. The lowest BCUT2D eigenvalue weighted by Gasteiger charge is -2.36. The van der Waals surface area contributed by atoms with E-state index in [0.29, 0.717) is 0 Å². The molecular weight excluding hydrogens is 216 g/mol. The first-order valence-electron chi connectivity index (χ1n) is 5.20. The van der Waals surface area contributed by atoms with Gasteiger partial charge in [-0.3, -0.25) is 0 Å². The number of hydrogen-bond donors (Lipinski definition) is 2. The van der Waals surface area contributed by atoms with E-state index in [0.717, 1.165) is 0 Å². The van der Waals surface area contributed by atoms with Crippen molar-refractivity contribution in [3.05, 3.63) is 0 Å². The molecule has 0 aromatic carbocycles. The minimum absolute atomic E-state index is 0.00575. The van der Waals surface area contributed by atoms with Crippen LogP contribution in [0.3, 0.4) is 0 Å². The first-order valence-corrected chi connectivity index (χ1v) is 5.20. The molecule has 1 rings (SSSR count). The highest BCUT2D eigenvalue weighted by Crippen LogP contribution is 2.22. The van der Waals surface area contributed by atoms with E-state index in [-0.39, 0.29) is 12.5 Å². The van der Waals surface area contributed by atoms with E-state index in [2.05, 4.69) is 4.74 Å². The molecule has 4 atom stereocenters. The topological polar surface area (TPSA) is 85.2 Å². The number of aliphatic hydroxyl groups is 2. The summed E-state index contributed by atoms with van der Waals surface area (Å²) in [6.07, 6.45) is -4.28. The average Bonchev–Trinajstić information content (AvgIpc) is 2.22. The van der Waals surface area contributed by atoms with Crippen LogP contribution in [0.25, 0.3) is 0 Å². The van der Waals surface area contributed by atoms with Crippen LogP contribution in [0.2, 0.25) is 0 Å². The maximum absolute atomic E-state index is 11.3. The van der Waals surface area contributed by atoms with Gasteiger partial charge < -0.3 is 24.4 Å². The fourth-order valence-electron chi connectivity index (χ4n) is 1.50. The molecule has 0 amide bonds. The molecule has 0 spiro atoms. The van der Waals surface area contributed by atoms with Gasteiger partial charge in [0.1, 0.15) is 6.10 Å². The Hall–Kier alpha value is -0.690. The van der Waals surface area contributed by atoms with Crippen LogP contribution in [0.1, 0.15) is 20.3 Å². The minimum atomic E-state index is -1.15. The Morgan fingerprint density at radius 3 is 2.56 bits per heavy atom. The summed E-state index contributed by atoms with van der Waals surface area (Å²) in [6, 6.07) is 0. The molecule has 0 saturated carbocycles. The van der Waals surface area contributed by atoms with Gasteiger partial charge in [0.15, 0.2) is 12.4 Å². The Labute approximate surface area is 94.1 Å². The van der Waals surface area contributed by atoms with Gasteiger partial charge in [-0.15, -0.1) is 0 Å². The fourth-order valence-corrected chi connectivity index (χ4v) is 1.50. The molecule has 0 bridgehead atoms. The molecule has 94 valence electrons. The van der Waals surface area contributed by atoms with Crippen molar-refractivity contribution in [2.45, 2.75) is 51.0 Å². The van der Waals surface area contributed by atoms with Crippen LogP contribution in [0.5, 0.6) is 0 Å². The van der Waals surface area contributed by atoms with Gasteiger partial charge in [0.05, 0.1) is 19.3 Å². The monoisotopic (exact) mass is 234 g/mol. The summed E-state index contributed by atoms with van der Waals surface area (Å²) in [5.41, 5.74) is 0. The smallest absolute Gasteiger partial charge is 0.335 e. The second-order valence-electron chi connectivity index (χ2n) is 3.99. The molecule has 1 aliphatic rings. The van der Waals surface area contributed by atoms with E-state index in [9.17, 15) is 15.0 Å². The maximum atomic E-state index is 11.3. The molecule has 6 heteroatoms. The molecule has 16 heavy (non-hydrogen) atoms. The van der Waals surface area contributed by atoms with Crippen molar-refractivity contribution in [3.8, 4) is 0 Å². The van der Waals surface area contributed by atoms with E-state index in [1.165, 1.54) is 7.11 Å². The zero-order valence-electron chi connectivity index (χ0n) is 9.62. The summed E-state index contributed by atoms with van der Waals surface area (Å²) in [5.74, 6) is -0.580. The lowest BCUT2D eigenvalue weighted by molar-refractivity contribution is -0.276. The van der Waals surface area contributed by atoms with Crippen molar-refractivity contribution in [1.82, 2.24) is 0 Å². The Balaban J connectivity index is 2.65. The number of ether oxygens (including phenoxy) is 3. The fraction of sp³-hybridized carbons (Fsp3) is 0.900. The Bertz CT molecular complexity index is 241. The zero-order chi connectivity index (χ0) is 12.3. The van der Waals surface area contributed by atoms with E-state index >= 15 is 0 Å². The summed E-state index contributed by atoms with van der Waals surface area (Å²) in [5, 5.41) is 19.2. The van der Waals surface area contributed by atoms with Gasteiger partial charge in [-0.25, -0.2) is 4.79 Å². The number of carbonyl (C=O) groups excluding carboxylic acids is 1. The van der Waals surface area contributed by atoms with Crippen LogP contribution >= 0.6 is 0 Å². The van der Waals surface area contributed by atoms with Gasteiger partial charge in [0, 0.05) is 6.42 Å². The normalized spacial score (nSPS) is 35.1. The van der Waals surface area contributed by atoms with E-state index < -0.39 is 30.6 Å². The Morgan fingerprint density at radius 2 is 2.06 bits per heavy atom. The first-order chi connectivity index (χ1) is 7.45. The molecule has 2 N–H and O–H groups in total. The predicted molar refractivity (Wildman–Crippen MR) is 53.5 cm³/mol. The van der Waals surface area contributed by atoms with Crippen molar-refractivity contribution < 1.29 is 29.2 Å². The van der Waals surface area contributed by atoms with Gasteiger partial charge in [-0.05, 0) is 13.8 Å². The number of methoxy groups -OCH3 is 1. The number of rotatable bonds is 3. The van der Waals surface area contributed by atoms with E-state index in [1.807, 2.05) is 0 Å². The molecular formula is C10H18O6. The second-order valence-corrected chi connectivity index (χ2v) is 3.99. The largest absolute Gasteiger partial charge is 0.467 e. The molecule has 1 heterocycles. The van der Waals surface area contributed by atoms with Crippen LogP contribution in [-0.2, 0) is 19.0 Å². The average molecular weight is 234 g/mol. The third kappa shape index (κ3) is 3.15. The van der Waals surface area contributed by atoms with Crippen LogP contribution < -0.4 is 0 Å². The molecule has 0 radical (unpaired) electrons. The number of aliphatic hydroxyl groups excluding tert-OH is 2. The van der Waals surface area contributed by atoms with Crippen LogP contribution in [0.4, 0.5) is 0 Å². The predicted octanol–water partition coefficient (Wildman–Crippen LogP) is -0.579. The maximum Gasteiger partial charge on any atom is 0.335 e. The van der Waals surface area contributed by atoms with Crippen LogP contribution in [-0.4, -0.2) is 54.0 Å². The number of hydrogen-bond acceptors (Lipinski definition) is 6. The molecule has 1 aliphatic heterocycles. The van der Waals surface area contributed by atoms with Gasteiger partial charge in [0.25, 0.3) is 0 Å². The van der Waals surface area contributed by atoms with Gasteiger partial charge in [-0.1, -0.05) is 0 Å². The summed E-state index contributed by atoms with van der Waals surface area (Å²) < 4.78 is 15.0. The van der Waals surface area contributed by atoms with Crippen molar-refractivity contribution >= 4 is 5.97 Å². The Kier molecular flexibility index (Phi) is 4.67. The highest BCUT2D eigenvalue weighted by molar-refractivity contribution is 5.74. The van der Waals surface area contributed by atoms with Crippen molar-refractivity contribution in [1.29, 1.82) is 0 Å². The molecule has 0 unspecified atom stereocenters. The van der Waals surface area contributed by atoms with E-state index in [4.69, 9.17) is 9.47 Å². The second kappa shape index (κ2) is 5.58. The molecule has 1 saturated heterocycles. The standard InChI is InChI=1S/C10H18O6/c1-5(2)15-10-8(12)6(11)4-7(16-10)9(13)14-3/h5-8,10-12H,4H2,1-3H3/t6-,7-,8-,10-/m0/s1. The summed E-state index contributed by atoms with van der Waals surface area (Å²) in [6.45, 7) is 3.54. The third-order valence-corrected chi connectivity index (χ3v) is 2.30. The summed E-state index contributed by atoms with van der Waals surface area (Å²) in [4.78, 5) is 11.3. The van der Waals surface area contributed by atoms with Gasteiger partial charge in [0.2, 0.25) is 0 Å². The summed E-state index contributed by atoms with van der Waals surface area (Å²) in [7, 11) is 1.24. The Morgan fingerprint density at radius 1 is 1.44 bits per heavy atom. The SMILES string of the molecule is COC(=O)[C@@H]1C[C@H](O)[C@H](O)[C@@H](OC(C)C)O1. The number of carbonyl (C=O) groups is 1. The molecule has 6 nitrogen and oxygen atoms in total. The van der Waals surface area contributed by atoms with Crippen molar-refractivity contribution in [2.24, 2.45) is 0 Å². The van der Waals surface area contributed by atoms with E-state index in [1.54, 1.807) is 13.8 Å². The van der Waals surface area contributed by atoms with Crippen LogP contribution in [0, 0.1) is 0 Å². The van der Waals surface area contributed by atoms with Gasteiger partial charge >= 0.3 is 5.97 Å². The van der Waals surface area contributed by atoms with Crippen molar-refractivity contribution in [3.63, 3.8) is 0 Å². The van der Waals surface area contributed by atoms with Crippen LogP contribution in [0.15, 0.2) is 0 Å². The highest BCUT2D eigenvalue weighted by Gasteiger charge is 2.41. The quantitative estimate of drug-likeness (QED) is 0.636. The summed E-state index contributed by atoms with van der Waals surface area (Å²) >= 11 is 0. The number of esters is 1. The molecule has 0 aromatic heterocycles. The lowest BCUT2D eigenvalue weighted by atomic mass is 10.0. The molecule has 0 aliphatic carbocycles. The van der Waals surface area contributed by atoms with Gasteiger partial charge in [-0.2, -0.15) is 0 Å². The highest BCUT2D eigenvalue weighted by atomic mass is 16.7. The molecule has 0 aromatic rings. The van der Waals surface area contributed by atoms with Crippen molar-refractivity contribution in [2.75, 3.05) is 7.11 Å². The third-order valence-electron chi connectivity index (χ3n) is 2.30. The first kappa shape index (κ1) is 13.4.